The monoisotopic (exact) mass is 627 g/mol. The molecule has 0 amide bonds. The predicted molar refractivity (Wildman–Crippen MR) is 173 cm³/mol. The number of pyridine rings is 1. The van der Waals surface area contributed by atoms with Gasteiger partial charge in [-0.05, 0) is 62.1 Å². The highest BCUT2D eigenvalue weighted by Crippen LogP contribution is 2.25. The molecule has 0 fully saturated rings. The van der Waals surface area contributed by atoms with Crippen LogP contribution in [-0.4, -0.2) is 43.1 Å². The number of carbonyl (C=O) groups excluding carboxylic acids is 1. The summed E-state index contributed by atoms with van der Waals surface area (Å²) in [5.74, 6) is 0.504. The van der Waals surface area contributed by atoms with Crippen LogP contribution in [0.25, 0.3) is 22.4 Å². The number of hydrogen-bond donors (Lipinski definition) is 0. The zero-order chi connectivity index (χ0) is 32.3. The van der Waals surface area contributed by atoms with Crippen molar-refractivity contribution in [3.63, 3.8) is 0 Å². The van der Waals surface area contributed by atoms with E-state index in [1.54, 1.807) is 12.1 Å². The molecule has 8 heteroatoms. The molecule has 1 heterocycles. The molecule has 246 valence electrons. The number of alkyl halides is 3. The van der Waals surface area contributed by atoms with Gasteiger partial charge in [0.15, 0.2) is 6.10 Å². The van der Waals surface area contributed by atoms with E-state index < -0.39 is 12.3 Å². The maximum absolute atomic E-state index is 12.4. The lowest BCUT2D eigenvalue weighted by molar-refractivity contribution is -0.214. The second-order valence-electron chi connectivity index (χ2n) is 11.5. The smallest absolute Gasteiger partial charge is 0.414 e. The number of rotatable bonds is 21. The molecule has 0 spiro atoms. The number of carbonyl (C=O) groups is 1. The van der Waals surface area contributed by atoms with Crippen molar-refractivity contribution in [2.45, 2.75) is 103 Å². The van der Waals surface area contributed by atoms with Gasteiger partial charge in [0, 0.05) is 23.9 Å². The Balaban J connectivity index is 1.33. The average Bonchev–Trinajstić information content (AvgIpc) is 3.05. The van der Waals surface area contributed by atoms with Crippen LogP contribution in [0.1, 0.15) is 101 Å². The Morgan fingerprint density at radius 3 is 1.84 bits per heavy atom. The molecule has 5 nitrogen and oxygen atoms in total. The van der Waals surface area contributed by atoms with Gasteiger partial charge in [-0.25, -0.2) is 4.79 Å². The van der Waals surface area contributed by atoms with E-state index in [2.05, 4.69) is 24.0 Å². The predicted octanol–water partition coefficient (Wildman–Crippen LogP) is 10.6. The third-order valence-electron chi connectivity index (χ3n) is 7.73. The van der Waals surface area contributed by atoms with Crippen LogP contribution < -0.4 is 4.74 Å². The third kappa shape index (κ3) is 13.6. The second-order valence-corrected chi connectivity index (χ2v) is 11.5. The molecule has 2 aromatic carbocycles. The minimum Gasteiger partial charge on any atom is -0.494 e. The molecule has 1 unspecified atom stereocenters. The molecule has 3 rings (SSSR count). The van der Waals surface area contributed by atoms with Crippen LogP contribution in [0.3, 0.4) is 0 Å². The number of hydrogen-bond acceptors (Lipinski definition) is 5. The van der Waals surface area contributed by atoms with E-state index in [4.69, 9.17) is 14.2 Å². The van der Waals surface area contributed by atoms with Crippen molar-refractivity contribution in [3.8, 4) is 28.1 Å². The van der Waals surface area contributed by atoms with Crippen molar-refractivity contribution < 1.29 is 32.2 Å². The van der Waals surface area contributed by atoms with Crippen LogP contribution in [0.15, 0.2) is 66.9 Å². The SMILES string of the molecule is CCCCCCCCCOc1ccc(-c2ccc(-c3ccc(C(=O)OCCCCCCCOC(C)C(F)(F)F)cc3)nc2)cc1. The molecule has 1 atom stereocenters. The quantitative estimate of drug-likeness (QED) is 0.0869. The van der Waals surface area contributed by atoms with Crippen molar-refractivity contribution >= 4 is 5.97 Å². The maximum atomic E-state index is 12.4. The fraction of sp³-hybridized carbons (Fsp3) is 0.514. The minimum atomic E-state index is -4.32. The number of ether oxygens (including phenoxy) is 3. The summed E-state index contributed by atoms with van der Waals surface area (Å²) >= 11 is 0. The van der Waals surface area contributed by atoms with Crippen molar-refractivity contribution in [3.05, 3.63) is 72.4 Å². The van der Waals surface area contributed by atoms with Gasteiger partial charge in [0.2, 0.25) is 0 Å². The summed E-state index contributed by atoms with van der Waals surface area (Å²) in [5.41, 5.74) is 4.27. The molecule has 0 aliphatic heterocycles. The van der Waals surface area contributed by atoms with Crippen molar-refractivity contribution in [2.24, 2.45) is 0 Å². The Morgan fingerprint density at radius 1 is 0.689 bits per heavy atom. The average molecular weight is 628 g/mol. The van der Waals surface area contributed by atoms with Crippen LogP contribution in [0.5, 0.6) is 5.75 Å². The van der Waals surface area contributed by atoms with Crippen molar-refractivity contribution in [2.75, 3.05) is 19.8 Å². The summed E-state index contributed by atoms with van der Waals surface area (Å²) in [6, 6.07) is 19.3. The first-order valence-corrected chi connectivity index (χ1v) is 16.4. The lowest BCUT2D eigenvalue weighted by Gasteiger charge is -2.16. The molecule has 3 aromatic rings. The van der Waals surface area contributed by atoms with E-state index in [1.807, 2.05) is 42.6 Å². The maximum Gasteiger partial charge on any atom is 0.414 e. The molecule has 45 heavy (non-hydrogen) atoms. The largest absolute Gasteiger partial charge is 0.494 e. The molecule has 0 aliphatic carbocycles. The highest BCUT2D eigenvalue weighted by atomic mass is 19.4. The number of benzene rings is 2. The Bertz CT molecular complexity index is 1230. The van der Waals surface area contributed by atoms with Gasteiger partial charge in [0.05, 0.1) is 24.5 Å². The van der Waals surface area contributed by atoms with Crippen LogP contribution in [0, 0.1) is 0 Å². The van der Waals surface area contributed by atoms with Gasteiger partial charge >= 0.3 is 12.1 Å². The van der Waals surface area contributed by atoms with Crippen LogP contribution in [-0.2, 0) is 9.47 Å². The molecular weight excluding hydrogens is 579 g/mol. The zero-order valence-corrected chi connectivity index (χ0v) is 26.7. The second kappa shape index (κ2) is 19.9. The Hall–Kier alpha value is -3.39. The number of aromatic nitrogens is 1. The first-order valence-electron chi connectivity index (χ1n) is 16.4. The van der Waals surface area contributed by atoms with Crippen LogP contribution >= 0.6 is 0 Å². The Morgan fingerprint density at radius 2 is 1.24 bits per heavy atom. The topological polar surface area (TPSA) is 57.7 Å². The molecule has 1 aromatic heterocycles. The fourth-order valence-electron chi connectivity index (χ4n) is 4.84. The first-order chi connectivity index (χ1) is 21.8. The van der Waals surface area contributed by atoms with E-state index in [-0.39, 0.29) is 12.6 Å². The third-order valence-corrected chi connectivity index (χ3v) is 7.73. The van der Waals surface area contributed by atoms with Gasteiger partial charge < -0.3 is 14.2 Å². The molecule has 0 bridgehead atoms. The van der Waals surface area contributed by atoms with E-state index in [0.717, 1.165) is 67.3 Å². The van der Waals surface area contributed by atoms with Crippen molar-refractivity contribution in [1.82, 2.24) is 4.98 Å². The highest BCUT2D eigenvalue weighted by molar-refractivity contribution is 5.90. The van der Waals surface area contributed by atoms with Crippen LogP contribution in [0.2, 0.25) is 0 Å². The first kappa shape index (κ1) is 36.1. The molecule has 0 radical (unpaired) electrons. The van der Waals surface area contributed by atoms with Gasteiger partial charge in [0.1, 0.15) is 5.75 Å². The summed E-state index contributed by atoms with van der Waals surface area (Å²) in [4.78, 5) is 17.0. The summed E-state index contributed by atoms with van der Waals surface area (Å²) in [6.45, 7) is 4.40. The van der Waals surface area contributed by atoms with Gasteiger partial charge in [-0.2, -0.15) is 13.2 Å². The molecule has 0 aliphatic rings. The van der Waals surface area contributed by atoms with E-state index in [0.29, 0.717) is 25.0 Å². The lowest BCUT2D eigenvalue weighted by atomic mass is 10.0. The van der Waals surface area contributed by atoms with Crippen molar-refractivity contribution in [1.29, 1.82) is 0 Å². The Kier molecular flexibility index (Phi) is 15.9. The highest BCUT2D eigenvalue weighted by Gasteiger charge is 2.36. The number of unbranched alkanes of at least 4 members (excludes halogenated alkanes) is 10. The fourth-order valence-corrected chi connectivity index (χ4v) is 4.84. The zero-order valence-electron chi connectivity index (χ0n) is 26.7. The molecule has 0 saturated heterocycles. The van der Waals surface area contributed by atoms with E-state index in [1.165, 1.54) is 38.5 Å². The number of nitrogens with zero attached hydrogens (tertiary/aromatic N) is 1. The van der Waals surface area contributed by atoms with Gasteiger partial charge in [0.25, 0.3) is 0 Å². The summed E-state index contributed by atoms with van der Waals surface area (Å²) in [7, 11) is 0. The summed E-state index contributed by atoms with van der Waals surface area (Å²) in [5, 5.41) is 0. The van der Waals surface area contributed by atoms with Gasteiger partial charge in [-0.1, -0.05) is 95.0 Å². The Labute approximate surface area is 266 Å². The normalized spacial score (nSPS) is 12.2. The van der Waals surface area contributed by atoms with E-state index >= 15 is 0 Å². The molecular formula is C37H48F3NO4. The lowest BCUT2D eigenvalue weighted by Crippen LogP contribution is -2.28. The minimum absolute atomic E-state index is 0.0917. The number of esters is 1. The van der Waals surface area contributed by atoms with E-state index in [9.17, 15) is 18.0 Å². The standard InChI is InChI=1S/C37H48F3NO4/c1-3-4-5-6-7-9-13-26-44-34-22-19-30(20-23-34)33-21-24-35(41-28-33)31-15-17-32(18-16-31)36(42)45-27-14-11-8-10-12-25-43-29(2)37(38,39)40/h15-24,28-29H,3-14,25-27H2,1-2H3. The molecule has 0 saturated carbocycles. The summed E-state index contributed by atoms with van der Waals surface area (Å²) < 4.78 is 53.3. The van der Waals surface area contributed by atoms with Crippen LogP contribution in [0.4, 0.5) is 13.2 Å². The number of halogens is 3. The summed E-state index contributed by atoms with van der Waals surface area (Å²) in [6.07, 6.45) is 8.38. The molecule has 0 N–H and O–H groups in total. The van der Waals surface area contributed by atoms with Gasteiger partial charge in [-0.3, -0.25) is 4.98 Å². The van der Waals surface area contributed by atoms with Gasteiger partial charge in [-0.15, -0.1) is 0 Å².